The lowest BCUT2D eigenvalue weighted by molar-refractivity contribution is -0.172. The number of ether oxygens (including phenoxy) is 1. The first-order valence-electron chi connectivity index (χ1n) is 9.13. The lowest BCUT2D eigenvalue weighted by atomic mass is 9.59. The maximum absolute atomic E-state index is 12.8. The first-order valence-corrected chi connectivity index (χ1v) is 12.0. The molecule has 0 unspecified atom stereocenters. The van der Waals surface area contributed by atoms with Gasteiger partial charge in [-0.1, -0.05) is 26.8 Å². The summed E-state index contributed by atoms with van der Waals surface area (Å²) in [5.41, 5.74) is -0.784. The topological polar surface area (TPSA) is 64.6 Å². The Balaban J connectivity index is 2.38. The highest BCUT2D eigenvalue weighted by molar-refractivity contribution is 6.74. The minimum absolute atomic E-state index is 0.0620. The highest BCUT2D eigenvalue weighted by Gasteiger charge is 2.57. The molecule has 0 spiro atoms. The van der Waals surface area contributed by atoms with Crippen LogP contribution in [0.5, 0.6) is 0 Å². The second kappa shape index (κ2) is 6.97. The van der Waals surface area contributed by atoms with Crippen LogP contribution in [0.1, 0.15) is 33.6 Å². The van der Waals surface area contributed by atoms with E-state index in [2.05, 4.69) is 45.8 Å². The molecule has 1 saturated carbocycles. The minimum atomic E-state index is -2.01. The summed E-state index contributed by atoms with van der Waals surface area (Å²) >= 11 is 0. The number of nitrogens with one attached hydrogen (secondary N) is 1. The summed E-state index contributed by atoms with van der Waals surface area (Å²) in [6.07, 6.45) is 3.62. The fourth-order valence-electron chi connectivity index (χ4n) is 3.94. The van der Waals surface area contributed by atoms with Gasteiger partial charge in [0, 0.05) is 13.0 Å². The van der Waals surface area contributed by atoms with Crippen LogP contribution in [0.2, 0.25) is 18.1 Å². The van der Waals surface area contributed by atoms with Gasteiger partial charge in [-0.25, -0.2) is 0 Å². The summed E-state index contributed by atoms with van der Waals surface area (Å²) in [7, 11) is -0.372. The Morgan fingerprint density at radius 3 is 2.52 bits per heavy atom. The lowest BCUT2D eigenvalue weighted by Crippen LogP contribution is -2.61. The van der Waals surface area contributed by atoms with Crippen molar-refractivity contribution < 1.29 is 18.8 Å². The molecule has 0 aromatic heterocycles. The van der Waals surface area contributed by atoms with Crippen molar-refractivity contribution in [1.29, 1.82) is 0 Å². The van der Waals surface area contributed by atoms with Crippen LogP contribution in [0.4, 0.5) is 0 Å². The molecule has 1 aliphatic heterocycles. The van der Waals surface area contributed by atoms with E-state index in [9.17, 15) is 9.59 Å². The molecule has 2 rings (SSSR count). The molecule has 2 aliphatic rings. The summed E-state index contributed by atoms with van der Waals surface area (Å²) < 4.78 is 12.6. The van der Waals surface area contributed by atoms with Gasteiger partial charge in [0.2, 0.25) is 5.91 Å². The van der Waals surface area contributed by atoms with Crippen LogP contribution in [0, 0.1) is 17.3 Å². The van der Waals surface area contributed by atoms with Gasteiger partial charge in [0.1, 0.15) is 6.29 Å². The van der Waals surface area contributed by atoms with Gasteiger partial charge in [-0.2, -0.15) is 0 Å². The van der Waals surface area contributed by atoms with Crippen molar-refractivity contribution in [3.05, 3.63) is 12.7 Å². The van der Waals surface area contributed by atoms with Crippen LogP contribution in [-0.4, -0.2) is 46.4 Å². The maximum Gasteiger partial charge on any atom is 0.230 e. The number of fused-ring (bicyclic) bond motifs is 2. The molecule has 0 aromatic carbocycles. The van der Waals surface area contributed by atoms with Gasteiger partial charge in [0.05, 0.1) is 24.2 Å². The molecule has 1 heterocycles. The van der Waals surface area contributed by atoms with Crippen LogP contribution in [0.3, 0.4) is 0 Å². The van der Waals surface area contributed by atoms with Crippen LogP contribution in [-0.2, 0) is 18.8 Å². The molecule has 6 heteroatoms. The molecule has 1 N–H and O–H groups in total. The zero-order valence-corrected chi connectivity index (χ0v) is 17.4. The fourth-order valence-corrected chi connectivity index (χ4v) is 5.28. The van der Waals surface area contributed by atoms with E-state index in [0.29, 0.717) is 19.4 Å². The molecule has 0 radical (unpaired) electrons. The van der Waals surface area contributed by atoms with Gasteiger partial charge >= 0.3 is 0 Å². The van der Waals surface area contributed by atoms with Crippen molar-refractivity contribution in [3.63, 3.8) is 0 Å². The van der Waals surface area contributed by atoms with E-state index in [1.165, 1.54) is 0 Å². The average molecular weight is 368 g/mol. The Morgan fingerprint density at radius 1 is 1.40 bits per heavy atom. The van der Waals surface area contributed by atoms with Crippen molar-refractivity contribution in [1.82, 2.24) is 5.32 Å². The van der Waals surface area contributed by atoms with Crippen molar-refractivity contribution in [2.75, 3.05) is 13.7 Å². The Kier molecular flexibility index (Phi) is 5.67. The molecular weight excluding hydrogens is 334 g/mol. The predicted octanol–water partition coefficient (Wildman–Crippen LogP) is 2.92. The number of carbonyl (C=O) groups excluding carboxylic acids is 2. The third kappa shape index (κ3) is 3.48. The number of hydrogen-bond acceptors (Lipinski definition) is 4. The molecule has 2 bridgehead atoms. The quantitative estimate of drug-likeness (QED) is 0.461. The summed E-state index contributed by atoms with van der Waals surface area (Å²) in [5.74, 6) is -0.440. The van der Waals surface area contributed by atoms with E-state index < -0.39 is 13.7 Å². The van der Waals surface area contributed by atoms with Crippen LogP contribution >= 0.6 is 0 Å². The number of carbonyl (C=O) groups is 2. The zero-order valence-electron chi connectivity index (χ0n) is 16.4. The van der Waals surface area contributed by atoms with E-state index in [0.717, 1.165) is 6.29 Å². The van der Waals surface area contributed by atoms with Crippen molar-refractivity contribution in [3.8, 4) is 0 Å². The fraction of sp³-hybridized carbons (Fsp3) is 0.789. The third-order valence-corrected chi connectivity index (χ3v) is 11.1. The molecule has 1 amide bonds. The Bertz CT molecular complexity index is 542. The molecular formula is C19H33NO4Si. The smallest absolute Gasteiger partial charge is 0.230 e. The van der Waals surface area contributed by atoms with E-state index in [1.54, 1.807) is 13.1 Å². The zero-order chi connectivity index (χ0) is 19.0. The van der Waals surface area contributed by atoms with Crippen molar-refractivity contribution in [2.24, 2.45) is 17.3 Å². The van der Waals surface area contributed by atoms with E-state index in [4.69, 9.17) is 9.16 Å². The summed E-state index contributed by atoms with van der Waals surface area (Å²) in [4.78, 5) is 24.4. The minimum Gasteiger partial charge on any atom is -0.411 e. The van der Waals surface area contributed by atoms with E-state index in [1.807, 2.05) is 0 Å². The number of hydrogen-bond donors (Lipinski definition) is 1. The molecule has 25 heavy (non-hydrogen) atoms. The van der Waals surface area contributed by atoms with Gasteiger partial charge in [0.25, 0.3) is 0 Å². The van der Waals surface area contributed by atoms with Crippen molar-refractivity contribution >= 4 is 20.5 Å². The third-order valence-electron chi connectivity index (χ3n) is 6.56. The molecule has 5 atom stereocenters. The standard InChI is InChI=1S/C19H33NO4Si/c1-8-19(17(22)20-5)10-16(24-25(6,7)18(2,3)4)15-9-14(19)13(11-21)12-23-15/h8,11,13-16H,1,9-10,12H2,2-7H3,(H,20,22)/t13-,14-,15-,16-,19-/m1/s1. The van der Waals surface area contributed by atoms with Gasteiger partial charge < -0.3 is 19.3 Å². The molecule has 2 fully saturated rings. The Hall–Kier alpha value is -0.983. The van der Waals surface area contributed by atoms with Gasteiger partial charge in [-0.15, -0.1) is 6.58 Å². The maximum atomic E-state index is 12.8. The Labute approximate surface area is 152 Å². The highest BCUT2D eigenvalue weighted by Crippen LogP contribution is 2.51. The molecule has 1 saturated heterocycles. The van der Waals surface area contributed by atoms with Crippen molar-refractivity contribution in [2.45, 2.75) is 64.0 Å². The SMILES string of the molecule is C=C[C@@]1(C(=O)NC)C[C@@H](O[Si](C)(C)C(C)(C)C)[C@H]2C[C@@H]1[C@H](C=O)CO2. The second-order valence-corrected chi connectivity index (χ2v) is 13.7. The summed E-state index contributed by atoms with van der Waals surface area (Å²) in [6, 6.07) is 0. The average Bonchev–Trinajstić information content (AvgIpc) is 2.55. The lowest BCUT2D eigenvalue weighted by Gasteiger charge is -2.54. The van der Waals surface area contributed by atoms with Gasteiger partial charge in [0.15, 0.2) is 8.32 Å². The monoisotopic (exact) mass is 367 g/mol. The Morgan fingerprint density at radius 2 is 2.04 bits per heavy atom. The van der Waals surface area contributed by atoms with Crippen LogP contribution in [0.15, 0.2) is 12.7 Å². The van der Waals surface area contributed by atoms with Crippen LogP contribution in [0.25, 0.3) is 0 Å². The molecule has 0 aromatic rings. The predicted molar refractivity (Wildman–Crippen MR) is 101 cm³/mol. The normalized spacial score (nSPS) is 35.8. The number of aldehydes is 1. The highest BCUT2D eigenvalue weighted by atomic mass is 28.4. The number of rotatable bonds is 5. The van der Waals surface area contributed by atoms with Gasteiger partial charge in [-0.05, 0) is 36.9 Å². The first kappa shape index (κ1) is 20.3. The second-order valence-electron chi connectivity index (χ2n) is 8.96. The number of amides is 1. The van der Waals surface area contributed by atoms with E-state index in [-0.39, 0.29) is 35.0 Å². The summed E-state index contributed by atoms with van der Waals surface area (Å²) in [6.45, 7) is 15.3. The van der Waals surface area contributed by atoms with Crippen LogP contribution < -0.4 is 5.32 Å². The summed E-state index contributed by atoms with van der Waals surface area (Å²) in [5, 5.41) is 2.85. The first-order chi connectivity index (χ1) is 11.5. The molecule has 142 valence electrons. The largest absolute Gasteiger partial charge is 0.411 e. The molecule has 1 aliphatic carbocycles. The van der Waals surface area contributed by atoms with Gasteiger partial charge in [-0.3, -0.25) is 4.79 Å². The molecule has 5 nitrogen and oxygen atoms in total. The van der Waals surface area contributed by atoms with E-state index >= 15 is 0 Å².